The molecule has 0 N–H and O–H groups in total. The van der Waals surface area contributed by atoms with Gasteiger partial charge in [-0.25, -0.2) is 0 Å². The molecule has 80 valence electrons. The van der Waals surface area contributed by atoms with Gasteiger partial charge in [-0.05, 0) is 31.9 Å². The Morgan fingerprint density at radius 1 is 1.53 bits per heavy atom. The molecule has 0 bridgehead atoms. The van der Waals surface area contributed by atoms with Crippen LogP contribution < -0.4 is 4.90 Å². The van der Waals surface area contributed by atoms with Gasteiger partial charge in [-0.1, -0.05) is 18.2 Å². The fourth-order valence-corrected chi connectivity index (χ4v) is 2.20. The van der Waals surface area contributed by atoms with Crippen LogP contribution in [0.5, 0.6) is 0 Å². The predicted molar refractivity (Wildman–Crippen MR) is 62.4 cm³/mol. The van der Waals surface area contributed by atoms with Gasteiger partial charge in [-0.15, -0.1) is 11.6 Å². The molecule has 1 aromatic carbocycles. The van der Waals surface area contributed by atoms with E-state index in [1.165, 1.54) is 5.56 Å². The number of carbonyl (C=O) groups excluding carboxylic acids is 1. The molecule has 0 aliphatic carbocycles. The molecule has 1 aliphatic rings. The Morgan fingerprint density at radius 3 is 2.87 bits per heavy atom. The number of amides is 1. The number of hydrogen-bond acceptors (Lipinski definition) is 1. The second-order valence-corrected chi connectivity index (χ2v) is 4.66. The molecule has 1 heterocycles. The molecule has 0 spiro atoms. The summed E-state index contributed by atoms with van der Waals surface area (Å²) < 4.78 is 0. The summed E-state index contributed by atoms with van der Waals surface area (Å²) >= 11 is 5.85. The lowest BCUT2D eigenvalue weighted by atomic mass is 10.1. The maximum atomic E-state index is 11.9. The predicted octanol–water partition coefficient (Wildman–Crippen LogP) is 2.59. The Balaban J connectivity index is 2.38. The molecular weight excluding hydrogens is 210 g/mol. The number of carbonyl (C=O) groups is 1. The molecular formula is C12H14ClNO. The van der Waals surface area contributed by atoms with Gasteiger partial charge < -0.3 is 4.90 Å². The van der Waals surface area contributed by atoms with E-state index in [1.807, 2.05) is 23.1 Å². The zero-order valence-corrected chi connectivity index (χ0v) is 9.66. The third-order valence-electron chi connectivity index (χ3n) is 2.78. The average Bonchev–Trinajstić information content (AvgIpc) is 2.52. The highest BCUT2D eigenvalue weighted by Crippen LogP contribution is 2.32. The van der Waals surface area contributed by atoms with Gasteiger partial charge in [0.2, 0.25) is 5.91 Å². The van der Waals surface area contributed by atoms with E-state index in [-0.39, 0.29) is 11.9 Å². The van der Waals surface area contributed by atoms with Crippen LogP contribution in [0.25, 0.3) is 0 Å². The van der Waals surface area contributed by atoms with E-state index in [4.69, 9.17) is 11.6 Å². The number of hydrogen-bond donors (Lipinski definition) is 0. The molecule has 0 aromatic heterocycles. The molecule has 2 atom stereocenters. The fourth-order valence-electron chi connectivity index (χ4n) is 2.09. The topological polar surface area (TPSA) is 20.3 Å². The molecule has 2 rings (SSSR count). The molecule has 0 saturated heterocycles. The number of alkyl halides is 1. The van der Waals surface area contributed by atoms with Gasteiger partial charge in [0, 0.05) is 11.7 Å². The van der Waals surface area contributed by atoms with Crippen LogP contribution in [0.4, 0.5) is 5.69 Å². The fraction of sp³-hybridized carbons (Fsp3) is 0.417. The molecule has 1 amide bonds. The van der Waals surface area contributed by atoms with Gasteiger partial charge in [0.25, 0.3) is 0 Å². The molecule has 2 nitrogen and oxygen atoms in total. The van der Waals surface area contributed by atoms with Crippen molar-refractivity contribution >= 4 is 23.2 Å². The van der Waals surface area contributed by atoms with Crippen LogP contribution in [-0.4, -0.2) is 17.3 Å². The first kappa shape index (κ1) is 10.5. The smallest absolute Gasteiger partial charge is 0.245 e. The first-order chi connectivity index (χ1) is 7.11. The van der Waals surface area contributed by atoms with Gasteiger partial charge in [0.05, 0.1) is 0 Å². The van der Waals surface area contributed by atoms with E-state index in [9.17, 15) is 4.79 Å². The van der Waals surface area contributed by atoms with Crippen LogP contribution >= 0.6 is 11.6 Å². The summed E-state index contributed by atoms with van der Waals surface area (Å²) in [6.07, 6.45) is 0.922. The van der Waals surface area contributed by atoms with E-state index < -0.39 is 5.38 Å². The van der Waals surface area contributed by atoms with Gasteiger partial charge in [-0.3, -0.25) is 4.79 Å². The minimum atomic E-state index is -0.460. The summed E-state index contributed by atoms with van der Waals surface area (Å²) in [5.41, 5.74) is 2.25. The van der Waals surface area contributed by atoms with Crippen LogP contribution in [0.2, 0.25) is 0 Å². The minimum absolute atomic E-state index is 0.00545. The van der Waals surface area contributed by atoms with E-state index in [1.54, 1.807) is 6.92 Å². The SMILES string of the molecule is C[C@@H]1Cc2ccccc2N1C(=O)[C@@H](C)Cl. The highest BCUT2D eigenvalue weighted by atomic mass is 35.5. The zero-order valence-electron chi connectivity index (χ0n) is 8.90. The largest absolute Gasteiger partial charge is 0.308 e. The normalized spacial score (nSPS) is 21.3. The van der Waals surface area contributed by atoms with Crippen molar-refractivity contribution in [1.82, 2.24) is 0 Å². The van der Waals surface area contributed by atoms with Crippen molar-refractivity contribution in [3.05, 3.63) is 29.8 Å². The van der Waals surface area contributed by atoms with E-state index in [0.717, 1.165) is 12.1 Å². The summed E-state index contributed by atoms with van der Waals surface area (Å²) in [6.45, 7) is 3.77. The molecule has 0 unspecified atom stereocenters. The van der Waals surface area contributed by atoms with Crippen molar-refractivity contribution in [2.75, 3.05) is 4.90 Å². The van der Waals surface area contributed by atoms with Crippen molar-refractivity contribution in [2.24, 2.45) is 0 Å². The van der Waals surface area contributed by atoms with Gasteiger partial charge in [0.15, 0.2) is 0 Å². The summed E-state index contributed by atoms with van der Waals surface area (Å²) in [5.74, 6) is -0.00545. The second-order valence-electron chi connectivity index (χ2n) is 4.01. The van der Waals surface area contributed by atoms with Crippen molar-refractivity contribution < 1.29 is 4.79 Å². The number of fused-ring (bicyclic) bond motifs is 1. The maximum absolute atomic E-state index is 11.9. The van der Waals surface area contributed by atoms with Crippen molar-refractivity contribution in [1.29, 1.82) is 0 Å². The summed E-state index contributed by atoms with van der Waals surface area (Å²) in [7, 11) is 0. The van der Waals surface area contributed by atoms with E-state index in [2.05, 4.69) is 13.0 Å². The molecule has 1 aliphatic heterocycles. The lowest BCUT2D eigenvalue weighted by molar-refractivity contribution is -0.118. The number of nitrogens with zero attached hydrogens (tertiary/aromatic N) is 1. The monoisotopic (exact) mass is 223 g/mol. The van der Waals surface area contributed by atoms with Crippen LogP contribution in [-0.2, 0) is 11.2 Å². The summed E-state index contributed by atoms with van der Waals surface area (Å²) in [4.78, 5) is 13.7. The molecule has 0 radical (unpaired) electrons. The first-order valence-corrected chi connectivity index (χ1v) is 5.60. The van der Waals surface area contributed by atoms with Crippen LogP contribution in [0.3, 0.4) is 0 Å². The average molecular weight is 224 g/mol. The lowest BCUT2D eigenvalue weighted by Gasteiger charge is -2.23. The standard InChI is InChI=1S/C12H14ClNO/c1-8-7-10-5-3-4-6-11(10)14(8)12(15)9(2)13/h3-6,8-9H,7H2,1-2H3/t8-,9-/m1/s1. The van der Waals surface area contributed by atoms with Crippen LogP contribution in [0.15, 0.2) is 24.3 Å². The van der Waals surface area contributed by atoms with Gasteiger partial charge in [-0.2, -0.15) is 0 Å². The van der Waals surface area contributed by atoms with Crippen molar-refractivity contribution in [3.8, 4) is 0 Å². The minimum Gasteiger partial charge on any atom is -0.308 e. The van der Waals surface area contributed by atoms with Crippen LogP contribution in [0.1, 0.15) is 19.4 Å². The molecule has 0 fully saturated rings. The second kappa shape index (κ2) is 3.86. The highest BCUT2D eigenvalue weighted by Gasteiger charge is 2.32. The molecule has 15 heavy (non-hydrogen) atoms. The van der Waals surface area contributed by atoms with E-state index >= 15 is 0 Å². The quantitative estimate of drug-likeness (QED) is 0.671. The number of anilines is 1. The summed E-state index contributed by atoms with van der Waals surface area (Å²) in [6, 6.07) is 8.23. The Labute approximate surface area is 94.8 Å². The van der Waals surface area contributed by atoms with Crippen molar-refractivity contribution in [2.45, 2.75) is 31.7 Å². The van der Waals surface area contributed by atoms with Crippen molar-refractivity contribution in [3.63, 3.8) is 0 Å². The van der Waals surface area contributed by atoms with E-state index in [0.29, 0.717) is 0 Å². The Bertz CT molecular complexity index is 389. The Morgan fingerprint density at radius 2 is 2.20 bits per heavy atom. The van der Waals surface area contributed by atoms with Gasteiger partial charge >= 0.3 is 0 Å². The lowest BCUT2D eigenvalue weighted by Crippen LogP contribution is -2.39. The Hall–Kier alpha value is -1.02. The molecule has 1 aromatic rings. The third kappa shape index (κ3) is 1.74. The molecule has 3 heteroatoms. The van der Waals surface area contributed by atoms with Crippen LogP contribution in [0, 0.1) is 0 Å². The number of halogens is 1. The summed E-state index contributed by atoms with van der Waals surface area (Å²) in [5, 5.41) is -0.460. The Kier molecular flexibility index (Phi) is 2.70. The third-order valence-corrected chi connectivity index (χ3v) is 2.97. The first-order valence-electron chi connectivity index (χ1n) is 5.16. The number of benzene rings is 1. The zero-order chi connectivity index (χ0) is 11.0. The number of rotatable bonds is 1. The highest BCUT2D eigenvalue weighted by molar-refractivity contribution is 6.32. The maximum Gasteiger partial charge on any atom is 0.245 e. The molecule has 0 saturated carbocycles. The van der Waals surface area contributed by atoms with Gasteiger partial charge in [0.1, 0.15) is 5.38 Å². The number of para-hydroxylation sites is 1.